The van der Waals surface area contributed by atoms with Gasteiger partial charge in [0.15, 0.2) is 0 Å². The predicted molar refractivity (Wildman–Crippen MR) is 108 cm³/mol. The maximum absolute atomic E-state index is 10.8. The van der Waals surface area contributed by atoms with Gasteiger partial charge in [-0.15, -0.1) is 10.2 Å². The molecule has 0 N–H and O–H groups in total. The molecule has 4 aromatic rings. The van der Waals surface area contributed by atoms with Gasteiger partial charge in [-0.3, -0.25) is 10.1 Å². The van der Waals surface area contributed by atoms with Crippen LogP contribution in [0, 0.1) is 10.1 Å². The second-order valence-corrected chi connectivity index (χ2v) is 6.37. The minimum absolute atomic E-state index is 0.0698. The van der Waals surface area contributed by atoms with Crippen molar-refractivity contribution in [1.82, 2.24) is 10.2 Å². The number of non-ortho nitro benzene ring substituents is 1. The first-order valence-electron chi connectivity index (χ1n) is 8.94. The Kier molecular flexibility index (Phi) is 5.03. The summed E-state index contributed by atoms with van der Waals surface area (Å²) >= 11 is 0. The fourth-order valence-corrected chi connectivity index (χ4v) is 3.10. The van der Waals surface area contributed by atoms with Crippen LogP contribution in [0.1, 0.15) is 11.1 Å². The summed E-state index contributed by atoms with van der Waals surface area (Å²) in [4.78, 5) is 10.4. The summed E-state index contributed by atoms with van der Waals surface area (Å²) in [7, 11) is 1.59. The van der Waals surface area contributed by atoms with Gasteiger partial charge in [0.25, 0.3) is 11.6 Å². The van der Waals surface area contributed by atoms with Gasteiger partial charge >= 0.3 is 0 Å². The molecule has 29 heavy (non-hydrogen) atoms. The Morgan fingerprint density at radius 1 is 0.897 bits per heavy atom. The Morgan fingerprint density at radius 3 is 2.21 bits per heavy atom. The summed E-state index contributed by atoms with van der Waals surface area (Å²) in [6.07, 6.45) is 0.584. The molecule has 0 aliphatic rings. The number of hydrogen-bond donors (Lipinski definition) is 0. The van der Waals surface area contributed by atoms with Gasteiger partial charge in [0.05, 0.1) is 17.6 Å². The van der Waals surface area contributed by atoms with E-state index in [2.05, 4.69) is 10.2 Å². The molecular weight excluding hydrogens is 370 g/mol. The number of rotatable bonds is 6. The zero-order valence-corrected chi connectivity index (χ0v) is 15.6. The second kappa shape index (κ2) is 7.93. The Hall–Kier alpha value is -4.00. The second-order valence-electron chi connectivity index (χ2n) is 6.37. The van der Waals surface area contributed by atoms with Crippen LogP contribution in [0.3, 0.4) is 0 Å². The monoisotopic (exact) mass is 387 g/mol. The highest BCUT2D eigenvalue weighted by molar-refractivity contribution is 5.65. The van der Waals surface area contributed by atoms with Crippen molar-refractivity contribution < 1.29 is 14.1 Å². The minimum Gasteiger partial charge on any atom is -0.496 e. The van der Waals surface area contributed by atoms with E-state index in [4.69, 9.17) is 9.15 Å². The summed E-state index contributed by atoms with van der Waals surface area (Å²) in [5.74, 6) is 1.44. The van der Waals surface area contributed by atoms with Crippen LogP contribution in [-0.4, -0.2) is 22.2 Å². The van der Waals surface area contributed by atoms with Crippen LogP contribution in [-0.2, 0) is 6.42 Å². The highest BCUT2D eigenvalue weighted by Crippen LogP contribution is 2.32. The summed E-state index contributed by atoms with van der Waals surface area (Å²) in [5.41, 5.74) is 3.55. The van der Waals surface area contributed by atoms with Crippen molar-refractivity contribution in [3.63, 3.8) is 0 Å². The Balaban J connectivity index is 1.65. The number of nitro benzene ring substituents is 1. The van der Waals surface area contributed by atoms with Gasteiger partial charge in [-0.2, -0.15) is 0 Å². The minimum atomic E-state index is -0.407. The van der Waals surface area contributed by atoms with E-state index >= 15 is 0 Å². The molecule has 0 aliphatic carbocycles. The van der Waals surface area contributed by atoms with Crippen LogP contribution in [0.5, 0.6) is 5.75 Å². The molecular formula is C22H17N3O4. The van der Waals surface area contributed by atoms with E-state index in [1.807, 2.05) is 48.5 Å². The van der Waals surface area contributed by atoms with Crippen LogP contribution < -0.4 is 4.74 Å². The third-order valence-electron chi connectivity index (χ3n) is 4.55. The van der Waals surface area contributed by atoms with Gasteiger partial charge in [0.1, 0.15) is 5.75 Å². The van der Waals surface area contributed by atoms with Crippen LogP contribution in [0.2, 0.25) is 0 Å². The SMILES string of the molecule is COc1ccccc1-c1nnc(-c2ccccc2Cc2ccc([N+](=O)[O-])cc2)o1. The van der Waals surface area contributed by atoms with E-state index in [9.17, 15) is 10.1 Å². The number of ether oxygens (including phenoxy) is 1. The molecule has 0 unspecified atom stereocenters. The molecule has 0 saturated carbocycles. The lowest BCUT2D eigenvalue weighted by Gasteiger charge is -2.07. The highest BCUT2D eigenvalue weighted by Gasteiger charge is 2.16. The van der Waals surface area contributed by atoms with E-state index in [1.165, 1.54) is 12.1 Å². The zero-order chi connectivity index (χ0) is 20.2. The molecule has 0 amide bonds. The van der Waals surface area contributed by atoms with Crippen molar-refractivity contribution in [2.75, 3.05) is 7.11 Å². The lowest BCUT2D eigenvalue weighted by molar-refractivity contribution is -0.384. The third-order valence-corrected chi connectivity index (χ3v) is 4.55. The predicted octanol–water partition coefficient (Wildman–Crippen LogP) is 4.91. The van der Waals surface area contributed by atoms with Crippen LogP contribution in [0.25, 0.3) is 22.9 Å². The van der Waals surface area contributed by atoms with Crippen LogP contribution >= 0.6 is 0 Å². The maximum Gasteiger partial charge on any atom is 0.269 e. The molecule has 0 fully saturated rings. The fourth-order valence-electron chi connectivity index (χ4n) is 3.10. The molecule has 7 nitrogen and oxygen atoms in total. The van der Waals surface area contributed by atoms with Crippen molar-refractivity contribution in [3.05, 3.63) is 94.0 Å². The van der Waals surface area contributed by atoms with Crippen molar-refractivity contribution in [2.24, 2.45) is 0 Å². The smallest absolute Gasteiger partial charge is 0.269 e. The topological polar surface area (TPSA) is 91.3 Å². The normalized spacial score (nSPS) is 10.7. The number of benzene rings is 3. The van der Waals surface area contributed by atoms with Crippen molar-refractivity contribution >= 4 is 5.69 Å². The standard InChI is InChI=1S/C22H17N3O4/c1-28-20-9-5-4-8-19(20)22-24-23-21(29-22)18-7-3-2-6-16(18)14-15-10-12-17(13-11-15)25(26)27/h2-13H,14H2,1H3. The van der Waals surface area contributed by atoms with Crippen LogP contribution in [0.4, 0.5) is 5.69 Å². The van der Waals surface area contributed by atoms with Crippen molar-refractivity contribution in [3.8, 4) is 28.7 Å². The first-order chi connectivity index (χ1) is 14.2. The molecule has 1 aromatic heterocycles. The molecule has 3 aromatic carbocycles. The summed E-state index contributed by atoms with van der Waals surface area (Å²) in [5, 5.41) is 19.2. The molecule has 1 heterocycles. The average molecular weight is 387 g/mol. The number of nitrogens with zero attached hydrogens (tertiary/aromatic N) is 3. The molecule has 7 heteroatoms. The molecule has 4 rings (SSSR count). The first kappa shape index (κ1) is 18.4. The molecule has 0 atom stereocenters. The summed E-state index contributed by atoms with van der Waals surface area (Å²) in [6.45, 7) is 0. The fraction of sp³-hybridized carbons (Fsp3) is 0.0909. The Morgan fingerprint density at radius 2 is 1.52 bits per heavy atom. The molecule has 0 aliphatic heterocycles. The van der Waals surface area contributed by atoms with Gasteiger partial charge < -0.3 is 9.15 Å². The third kappa shape index (κ3) is 3.84. The Bertz CT molecular complexity index is 1150. The molecule has 0 radical (unpaired) electrons. The summed E-state index contributed by atoms with van der Waals surface area (Å²) < 4.78 is 11.3. The quantitative estimate of drug-likeness (QED) is 0.345. The van der Waals surface area contributed by atoms with E-state index in [-0.39, 0.29) is 5.69 Å². The van der Waals surface area contributed by atoms with E-state index in [0.29, 0.717) is 24.0 Å². The van der Waals surface area contributed by atoms with Crippen LogP contribution in [0.15, 0.2) is 77.2 Å². The van der Waals surface area contributed by atoms with E-state index < -0.39 is 4.92 Å². The van der Waals surface area contributed by atoms with Crippen molar-refractivity contribution in [2.45, 2.75) is 6.42 Å². The number of nitro groups is 1. The molecule has 144 valence electrons. The van der Waals surface area contributed by atoms with Gasteiger partial charge in [0, 0.05) is 17.7 Å². The molecule has 0 saturated heterocycles. The lowest BCUT2D eigenvalue weighted by Crippen LogP contribution is -1.93. The van der Waals surface area contributed by atoms with Gasteiger partial charge in [0.2, 0.25) is 5.89 Å². The average Bonchev–Trinajstić information content (AvgIpc) is 3.24. The van der Waals surface area contributed by atoms with Gasteiger partial charge in [-0.05, 0) is 35.7 Å². The highest BCUT2D eigenvalue weighted by atomic mass is 16.6. The van der Waals surface area contributed by atoms with Gasteiger partial charge in [-0.25, -0.2) is 0 Å². The maximum atomic E-state index is 10.8. The summed E-state index contributed by atoms with van der Waals surface area (Å²) in [6, 6.07) is 21.7. The number of methoxy groups -OCH3 is 1. The molecule has 0 spiro atoms. The van der Waals surface area contributed by atoms with Crippen molar-refractivity contribution in [1.29, 1.82) is 0 Å². The first-order valence-corrected chi connectivity index (χ1v) is 8.94. The number of para-hydroxylation sites is 1. The Labute approximate surface area is 166 Å². The largest absolute Gasteiger partial charge is 0.496 e. The van der Waals surface area contributed by atoms with Gasteiger partial charge in [-0.1, -0.05) is 42.5 Å². The number of hydrogen-bond acceptors (Lipinski definition) is 6. The molecule has 0 bridgehead atoms. The zero-order valence-electron chi connectivity index (χ0n) is 15.6. The lowest BCUT2D eigenvalue weighted by atomic mass is 9.99. The number of aromatic nitrogens is 2. The van der Waals surface area contributed by atoms with E-state index in [0.717, 1.165) is 22.3 Å². The van der Waals surface area contributed by atoms with E-state index in [1.54, 1.807) is 19.2 Å².